The van der Waals surface area contributed by atoms with E-state index in [1.54, 1.807) is 0 Å². The molecule has 2 nitrogen and oxygen atoms in total. The van der Waals surface area contributed by atoms with Gasteiger partial charge in [0, 0.05) is 5.57 Å². The molecule has 0 amide bonds. The van der Waals surface area contributed by atoms with Gasteiger partial charge >= 0.3 is 5.97 Å². The first-order chi connectivity index (χ1) is 12.3. The standard InChI is InChI=1S/C23H16O2/c24-23-22(19-14-8-3-9-15-19)21(18-12-6-2-7-13-18)20(25-23)16-17-10-4-1-5-11-17/h1-16H. The van der Waals surface area contributed by atoms with Crippen molar-refractivity contribution in [3.63, 3.8) is 0 Å². The van der Waals surface area contributed by atoms with E-state index >= 15 is 0 Å². The molecule has 0 unspecified atom stereocenters. The van der Waals surface area contributed by atoms with Crippen molar-refractivity contribution in [3.05, 3.63) is 113 Å². The quantitative estimate of drug-likeness (QED) is 0.619. The Morgan fingerprint density at radius 2 is 1.08 bits per heavy atom. The van der Waals surface area contributed by atoms with Gasteiger partial charge in [-0.3, -0.25) is 0 Å². The number of hydrogen-bond donors (Lipinski definition) is 0. The zero-order chi connectivity index (χ0) is 17.1. The van der Waals surface area contributed by atoms with Crippen molar-refractivity contribution >= 4 is 23.2 Å². The molecule has 0 atom stereocenters. The Morgan fingerprint density at radius 3 is 1.64 bits per heavy atom. The zero-order valence-electron chi connectivity index (χ0n) is 13.6. The van der Waals surface area contributed by atoms with Gasteiger partial charge in [0.05, 0.1) is 5.57 Å². The number of cyclic esters (lactones) is 1. The molecule has 0 fully saturated rings. The van der Waals surface area contributed by atoms with Gasteiger partial charge < -0.3 is 4.74 Å². The van der Waals surface area contributed by atoms with E-state index in [1.807, 2.05) is 97.1 Å². The highest BCUT2D eigenvalue weighted by Gasteiger charge is 2.31. The van der Waals surface area contributed by atoms with Gasteiger partial charge in [-0.25, -0.2) is 4.79 Å². The molecule has 0 spiro atoms. The van der Waals surface area contributed by atoms with Crippen molar-refractivity contribution in [2.75, 3.05) is 0 Å². The fraction of sp³-hybridized carbons (Fsp3) is 0. The lowest BCUT2D eigenvalue weighted by atomic mass is 9.94. The molecule has 4 rings (SSSR count). The van der Waals surface area contributed by atoms with Crippen LogP contribution < -0.4 is 0 Å². The van der Waals surface area contributed by atoms with E-state index in [1.165, 1.54) is 0 Å². The van der Waals surface area contributed by atoms with Gasteiger partial charge in [-0.05, 0) is 22.8 Å². The smallest absolute Gasteiger partial charge is 0.344 e. The number of rotatable bonds is 3. The Kier molecular flexibility index (Phi) is 4.01. The van der Waals surface area contributed by atoms with Gasteiger partial charge in [0.2, 0.25) is 0 Å². The van der Waals surface area contributed by atoms with Crippen molar-refractivity contribution < 1.29 is 9.53 Å². The maximum Gasteiger partial charge on any atom is 0.344 e. The van der Waals surface area contributed by atoms with E-state index in [0.717, 1.165) is 22.3 Å². The molecule has 3 aromatic carbocycles. The third-order valence-electron chi connectivity index (χ3n) is 4.13. The number of hydrogen-bond acceptors (Lipinski definition) is 2. The lowest BCUT2D eigenvalue weighted by molar-refractivity contribution is -0.131. The van der Waals surface area contributed by atoms with Crippen LogP contribution in [0.5, 0.6) is 0 Å². The maximum atomic E-state index is 12.6. The van der Waals surface area contributed by atoms with Gasteiger partial charge in [-0.2, -0.15) is 0 Å². The van der Waals surface area contributed by atoms with E-state index in [2.05, 4.69) is 0 Å². The van der Waals surface area contributed by atoms with Crippen molar-refractivity contribution in [1.82, 2.24) is 0 Å². The summed E-state index contributed by atoms with van der Waals surface area (Å²) >= 11 is 0. The molecule has 3 aromatic rings. The topological polar surface area (TPSA) is 26.3 Å². The van der Waals surface area contributed by atoms with Crippen LogP contribution in [0.2, 0.25) is 0 Å². The summed E-state index contributed by atoms with van der Waals surface area (Å²) < 4.78 is 5.65. The highest BCUT2D eigenvalue weighted by Crippen LogP contribution is 2.40. The number of benzene rings is 3. The third kappa shape index (κ3) is 3.02. The molecule has 1 aliphatic heterocycles. The summed E-state index contributed by atoms with van der Waals surface area (Å²) in [4.78, 5) is 12.6. The number of allylic oxidation sites excluding steroid dienone is 1. The fourth-order valence-electron chi connectivity index (χ4n) is 2.99. The molecule has 1 aliphatic rings. The summed E-state index contributed by atoms with van der Waals surface area (Å²) in [6.07, 6.45) is 1.91. The Bertz CT molecular complexity index is 953. The Balaban J connectivity index is 1.93. The summed E-state index contributed by atoms with van der Waals surface area (Å²) in [6.45, 7) is 0. The summed E-state index contributed by atoms with van der Waals surface area (Å²) in [6, 6.07) is 29.4. The Hall–Kier alpha value is -3.39. The second kappa shape index (κ2) is 6.62. The van der Waals surface area contributed by atoms with E-state index in [9.17, 15) is 4.79 Å². The van der Waals surface area contributed by atoms with Crippen molar-refractivity contribution in [3.8, 4) is 0 Å². The summed E-state index contributed by atoms with van der Waals surface area (Å²) in [5.41, 5.74) is 4.26. The molecule has 2 heteroatoms. The van der Waals surface area contributed by atoms with E-state index < -0.39 is 0 Å². The van der Waals surface area contributed by atoms with Crippen LogP contribution in [0.15, 0.2) is 96.8 Å². The normalized spacial score (nSPS) is 15.5. The van der Waals surface area contributed by atoms with Crippen LogP contribution in [0.25, 0.3) is 17.2 Å². The van der Waals surface area contributed by atoms with Crippen molar-refractivity contribution in [1.29, 1.82) is 0 Å². The molecule has 120 valence electrons. The van der Waals surface area contributed by atoms with E-state index in [-0.39, 0.29) is 5.97 Å². The average molecular weight is 324 g/mol. The Labute approximate surface area is 146 Å². The lowest BCUT2D eigenvalue weighted by Crippen LogP contribution is -1.98. The largest absolute Gasteiger partial charge is 0.422 e. The number of carbonyl (C=O) groups excluding carboxylic acids is 1. The molecule has 0 saturated carbocycles. The number of carbonyl (C=O) groups is 1. The summed E-state index contributed by atoms with van der Waals surface area (Å²) in [5.74, 6) is 0.272. The third-order valence-corrected chi connectivity index (χ3v) is 4.13. The molecule has 25 heavy (non-hydrogen) atoms. The number of esters is 1. The maximum absolute atomic E-state index is 12.6. The first kappa shape index (κ1) is 15.2. The second-order valence-electron chi connectivity index (χ2n) is 5.79. The first-order valence-corrected chi connectivity index (χ1v) is 8.17. The van der Waals surface area contributed by atoms with Crippen molar-refractivity contribution in [2.45, 2.75) is 0 Å². The zero-order valence-corrected chi connectivity index (χ0v) is 13.6. The Morgan fingerprint density at radius 1 is 0.600 bits per heavy atom. The van der Waals surface area contributed by atoms with Gasteiger partial charge in [0.15, 0.2) is 0 Å². The van der Waals surface area contributed by atoms with E-state index in [0.29, 0.717) is 11.3 Å². The van der Waals surface area contributed by atoms with Crippen molar-refractivity contribution in [2.24, 2.45) is 0 Å². The monoisotopic (exact) mass is 324 g/mol. The predicted molar refractivity (Wildman–Crippen MR) is 100 cm³/mol. The summed E-state index contributed by atoms with van der Waals surface area (Å²) in [7, 11) is 0. The molecule has 0 aromatic heterocycles. The SMILES string of the molecule is O=C1OC(=Cc2ccccc2)C(c2ccccc2)=C1c1ccccc1. The van der Waals surface area contributed by atoms with Crippen LogP contribution >= 0.6 is 0 Å². The van der Waals surface area contributed by atoms with Gasteiger partial charge in [0.25, 0.3) is 0 Å². The van der Waals surface area contributed by atoms with Crippen LogP contribution in [0, 0.1) is 0 Å². The molecule has 0 N–H and O–H groups in total. The molecule has 0 radical (unpaired) electrons. The van der Waals surface area contributed by atoms with Gasteiger partial charge in [-0.1, -0.05) is 91.0 Å². The average Bonchev–Trinajstić information content (AvgIpc) is 2.99. The molecule has 0 bridgehead atoms. The minimum atomic E-state index is -0.313. The van der Waals surface area contributed by atoms with Crippen LogP contribution in [-0.2, 0) is 9.53 Å². The van der Waals surface area contributed by atoms with E-state index in [4.69, 9.17) is 4.74 Å². The number of ether oxygens (including phenoxy) is 1. The summed E-state index contributed by atoms with van der Waals surface area (Å²) in [5, 5.41) is 0. The van der Waals surface area contributed by atoms with Crippen LogP contribution in [-0.4, -0.2) is 5.97 Å². The molecule has 0 saturated heterocycles. The highest BCUT2D eigenvalue weighted by atomic mass is 16.5. The predicted octanol–water partition coefficient (Wildman–Crippen LogP) is 5.20. The minimum absolute atomic E-state index is 0.313. The van der Waals surface area contributed by atoms with Gasteiger partial charge in [-0.15, -0.1) is 0 Å². The van der Waals surface area contributed by atoms with Crippen LogP contribution in [0.3, 0.4) is 0 Å². The minimum Gasteiger partial charge on any atom is -0.422 e. The molecule has 0 aliphatic carbocycles. The fourth-order valence-corrected chi connectivity index (χ4v) is 2.99. The van der Waals surface area contributed by atoms with Crippen LogP contribution in [0.1, 0.15) is 16.7 Å². The molecular formula is C23H16O2. The van der Waals surface area contributed by atoms with Crippen LogP contribution in [0.4, 0.5) is 0 Å². The first-order valence-electron chi connectivity index (χ1n) is 8.17. The second-order valence-corrected chi connectivity index (χ2v) is 5.79. The molecular weight excluding hydrogens is 308 g/mol. The highest BCUT2D eigenvalue weighted by molar-refractivity contribution is 6.30. The molecule has 1 heterocycles. The lowest BCUT2D eigenvalue weighted by Gasteiger charge is -2.06. The van der Waals surface area contributed by atoms with Gasteiger partial charge in [0.1, 0.15) is 5.76 Å².